The molecule has 0 saturated heterocycles. The second kappa shape index (κ2) is 6.69. The Kier molecular flexibility index (Phi) is 4.22. The third kappa shape index (κ3) is 2.86. The predicted octanol–water partition coefficient (Wildman–Crippen LogP) is 4.85. The molecule has 26 heavy (non-hydrogen) atoms. The van der Waals surface area contributed by atoms with Gasteiger partial charge in [0.25, 0.3) is 0 Å². The number of carbonyl (C=O) groups is 1. The van der Waals surface area contributed by atoms with E-state index >= 15 is 0 Å². The lowest BCUT2D eigenvalue weighted by molar-refractivity contribution is 0.0520. The Labute approximate surface area is 155 Å². The van der Waals surface area contributed by atoms with E-state index in [4.69, 9.17) is 16.3 Å². The average Bonchev–Trinajstić information content (AvgIpc) is 3.21. The van der Waals surface area contributed by atoms with E-state index in [0.717, 1.165) is 22.5 Å². The number of nitrogens with one attached hydrogen (secondary N) is 1. The smallest absolute Gasteiger partial charge is 0.354 e. The summed E-state index contributed by atoms with van der Waals surface area (Å²) >= 11 is 6.04. The first-order valence-electron chi connectivity index (χ1n) is 8.27. The number of carbonyl (C=O) groups excluding carboxylic acids is 1. The number of hydrogen-bond acceptors (Lipinski definition) is 3. The summed E-state index contributed by atoms with van der Waals surface area (Å²) in [4.78, 5) is 15.2. The van der Waals surface area contributed by atoms with Gasteiger partial charge in [0.05, 0.1) is 23.5 Å². The fraction of sp³-hybridized carbons (Fsp3) is 0.100. The number of benzene rings is 2. The Morgan fingerprint density at radius 1 is 1.15 bits per heavy atom. The molecule has 2 heterocycles. The summed E-state index contributed by atoms with van der Waals surface area (Å²) in [6.07, 6.45) is 0. The van der Waals surface area contributed by atoms with Gasteiger partial charge in [0.1, 0.15) is 11.2 Å². The highest BCUT2D eigenvalue weighted by molar-refractivity contribution is 6.30. The second-order valence-corrected chi connectivity index (χ2v) is 6.20. The van der Waals surface area contributed by atoms with Crippen molar-refractivity contribution >= 4 is 28.6 Å². The number of ether oxygens (including phenoxy) is 1. The van der Waals surface area contributed by atoms with Crippen molar-refractivity contribution in [1.82, 2.24) is 14.8 Å². The molecule has 0 radical (unpaired) electrons. The van der Waals surface area contributed by atoms with Crippen molar-refractivity contribution in [3.63, 3.8) is 0 Å². The van der Waals surface area contributed by atoms with Gasteiger partial charge in [-0.15, -0.1) is 0 Å². The van der Waals surface area contributed by atoms with Crippen molar-refractivity contribution in [2.24, 2.45) is 0 Å². The van der Waals surface area contributed by atoms with Crippen LogP contribution < -0.4 is 0 Å². The maximum atomic E-state index is 12.1. The molecule has 6 heteroatoms. The number of rotatable bonds is 4. The van der Waals surface area contributed by atoms with Crippen LogP contribution in [0.25, 0.3) is 28.0 Å². The highest BCUT2D eigenvalue weighted by Crippen LogP contribution is 2.32. The van der Waals surface area contributed by atoms with Crippen LogP contribution in [0.15, 0.2) is 60.7 Å². The van der Waals surface area contributed by atoms with Gasteiger partial charge in [-0.05, 0) is 37.3 Å². The van der Waals surface area contributed by atoms with Gasteiger partial charge < -0.3 is 9.72 Å². The molecule has 2 aromatic carbocycles. The molecule has 0 spiro atoms. The molecule has 0 saturated carbocycles. The van der Waals surface area contributed by atoms with E-state index in [9.17, 15) is 4.79 Å². The Morgan fingerprint density at radius 2 is 1.88 bits per heavy atom. The molecule has 4 rings (SSSR count). The number of aromatic amines is 1. The zero-order valence-electron chi connectivity index (χ0n) is 14.1. The Balaban J connectivity index is 1.93. The first-order valence-corrected chi connectivity index (χ1v) is 8.65. The highest BCUT2D eigenvalue weighted by atomic mass is 35.5. The maximum Gasteiger partial charge on any atom is 0.354 e. The lowest BCUT2D eigenvalue weighted by atomic mass is 10.1. The lowest BCUT2D eigenvalue weighted by Gasteiger charge is -2.08. The number of esters is 1. The molecule has 0 fully saturated rings. The van der Waals surface area contributed by atoms with Crippen LogP contribution in [0.3, 0.4) is 0 Å². The summed E-state index contributed by atoms with van der Waals surface area (Å²) in [6, 6.07) is 19.1. The molecule has 0 bridgehead atoms. The number of halogens is 1. The molecule has 0 atom stereocenters. The van der Waals surface area contributed by atoms with Crippen molar-refractivity contribution in [2.45, 2.75) is 6.92 Å². The van der Waals surface area contributed by atoms with E-state index < -0.39 is 0 Å². The van der Waals surface area contributed by atoms with Crippen LogP contribution in [-0.4, -0.2) is 27.3 Å². The van der Waals surface area contributed by atoms with Gasteiger partial charge in [-0.3, -0.25) is 0 Å². The van der Waals surface area contributed by atoms with Crippen molar-refractivity contribution in [1.29, 1.82) is 0 Å². The van der Waals surface area contributed by atoms with Gasteiger partial charge in [-0.1, -0.05) is 41.9 Å². The van der Waals surface area contributed by atoms with E-state index in [1.165, 1.54) is 0 Å². The zero-order valence-corrected chi connectivity index (χ0v) is 14.8. The molecule has 0 aliphatic carbocycles. The number of aromatic nitrogens is 3. The summed E-state index contributed by atoms with van der Waals surface area (Å²) in [5.41, 5.74) is 4.59. The Morgan fingerprint density at radius 3 is 2.58 bits per heavy atom. The van der Waals surface area contributed by atoms with Crippen LogP contribution in [0.4, 0.5) is 0 Å². The molecule has 5 nitrogen and oxygen atoms in total. The number of fused-ring (bicyclic) bond motifs is 1. The van der Waals surface area contributed by atoms with Crippen LogP contribution in [0, 0.1) is 0 Å². The molecule has 0 aliphatic heterocycles. The third-order valence-corrected chi connectivity index (χ3v) is 4.32. The summed E-state index contributed by atoms with van der Waals surface area (Å²) < 4.78 is 6.94. The number of H-pyrrole nitrogens is 1. The van der Waals surface area contributed by atoms with Gasteiger partial charge in [0.2, 0.25) is 0 Å². The van der Waals surface area contributed by atoms with E-state index in [1.54, 1.807) is 13.0 Å². The number of nitrogens with zero attached hydrogens (tertiary/aromatic N) is 2. The van der Waals surface area contributed by atoms with Crippen molar-refractivity contribution in [2.75, 3.05) is 6.61 Å². The first kappa shape index (κ1) is 16.4. The minimum absolute atomic E-state index is 0.323. The predicted molar refractivity (Wildman–Crippen MR) is 102 cm³/mol. The molecule has 1 N–H and O–H groups in total. The number of hydrogen-bond donors (Lipinski definition) is 1. The van der Waals surface area contributed by atoms with E-state index in [0.29, 0.717) is 22.8 Å². The fourth-order valence-corrected chi connectivity index (χ4v) is 3.04. The van der Waals surface area contributed by atoms with Crippen LogP contribution in [0.2, 0.25) is 5.02 Å². The Bertz CT molecular complexity index is 1070. The topological polar surface area (TPSA) is 59.9 Å². The van der Waals surface area contributed by atoms with Gasteiger partial charge in [-0.2, -0.15) is 5.10 Å². The molecule has 2 aromatic heterocycles. The maximum absolute atomic E-state index is 12.1. The molecular weight excluding hydrogens is 350 g/mol. The van der Waals surface area contributed by atoms with Crippen LogP contribution in [0.5, 0.6) is 0 Å². The SMILES string of the molecule is CCOC(=O)c1cc2nn(-c3ccccc3)c(-c3ccc(Cl)cc3)c2[nH]1. The van der Waals surface area contributed by atoms with E-state index in [2.05, 4.69) is 10.1 Å². The van der Waals surface area contributed by atoms with Crippen molar-refractivity contribution < 1.29 is 9.53 Å². The second-order valence-electron chi connectivity index (χ2n) is 5.77. The standard InChI is InChI=1S/C20H16ClN3O2/c1-2-26-20(25)17-12-16-18(22-17)19(13-8-10-14(21)11-9-13)24(23-16)15-6-4-3-5-7-15/h3-12,22H,2H2,1H3. The van der Waals surface area contributed by atoms with Crippen LogP contribution in [-0.2, 0) is 4.74 Å². The van der Waals surface area contributed by atoms with Gasteiger partial charge >= 0.3 is 5.97 Å². The summed E-state index contributed by atoms with van der Waals surface area (Å²) in [6.45, 7) is 2.10. The summed E-state index contributed by atoms with van der Waals surface area (Å²) in [7, 11) is 0. The quantitative estimate of drug-likeness (QED) is 0.526. The minimum Gasteiger partial charge on any atom is -0.461 e. The highest BCUT2D eigenvalue weighted by Gasteiger charge is 2.20. The molecule has 0 amide bonds. The first-order chi connectivity index (χ1) is 12.7. The van der Waals surface area contributed by atoms with Crippen LogP contribution in [0.1, 0.15) is 17.4 Å². The third-order valence-electron chi connectivity index (χ3n) is 4.07. The minimum atomic E-state index is -0.390. The van der Waals surface area contributed by atoms with Crippen LogP contribution >= 0.6 is 11.6 Å². The molecule has 130 valence electrons. The lowest BCUT2D eigenvalue weighted by Crippen LogP contribution is -2.05. The zero-order chi connectivity index (χ0) is 18.1. The van der Waals surface area contributed by atoms with Gasteiger partial charge in [0, 0.05) is 10.6 Å². The monoisotopic (exact) mass is 365 g/mol. The summed E-state index contributed by atoms with van der Waals surface area (Å²) in [5.74, 6) is -0.390. The molecule has 0 unspecified atom stereocenters. The van der Waals surface area contributed by atoms with E-state index in [-0.39, 0.29) is 5.97 Å². The van der Waals surface area contributed by atoms with E-state index in [1.807, 2.05) is 59.3 Å². The van der Waals surface area contributed by atoms with Gasteiger partial charge in [-0.25, -0.2) is 9.48 Å². The van der Waals surface area contributed by atoms with Crippen molar-refractivity contribution in [3.8, 4) is 16.9 Å². The summed E-state index contributed by atoms with van der Waals surface area (Å²) in [5, 5.41) is 5.35. The molecule has 0 aliphatic rings. The molecular formula is C20H16ClN3O2. The van der Waals surface area contributed by atoms with Crippen molar-refractivity contribution in [3.05, 3.63) is 71.4 Å². The molecule has 4 aromatic rings. The number of para-hydroxylation sites is 1. The fourth-order valence-electron chi connectivity index (χ4n) is 2.92. The normalized spacial score (nSPS) is 11.0. The Hall–Kier alpha value is -3.05. The average molecular weight is 366 g/mol. The van der Waals surface area contributed by atoms with Gasteiger partial charge in [0.15, 0.2) is 0 Å². The largest absolute Gasteiger partial charge is 0.461 e.